The predicted octanol–water partition coefficient (Wildman–Crippen LogP) is 1.17. The molecule has 0 aromatic carbocycles. The third-order valence-corrected chi connectivity index (χ3v) is 2.08. The first-order valence-electron chi connectivity index (χ1n) is 4.37. The van der Waals surface area contributed by atoms with E-state index < -0.39 is 5.97 Å². The number of nitrogens with zero attached hydrogens (tertiary/aromatic N) is 2. The molecule has 1 atom stereocenters. The summed E-state index contributed by atoms with van der Waals surface area (Å²) in [6.07, 6.45) is 4.00. The zero-order valence-electron chi connectivity index (χ0n) is 7.90. The Morgan fingerprint density at radius 1 is 1.77 bits per heavy atom. The summed E-state index contributed by atoms with van der Waals surface area (Å²) in [6, 6.07) is 0. The molecule has 0 fully saturated rings. The van der Waals surface area contributed by atoms with E-state index >= 15 is 0 Å². The van der Waals surface area contributed by atoms with E-state index in [4.69, 9.17) is 5.11 Å². The van der Waals surface area contributed by atoms with Crippen molar-refractivity contribution in [1.82, 2.24) is 9.55 Å². The van der Waals surface area contributed by atoms with E-state index in [0.717, 1.165) is 12.2 Å². The smallest absolute Gasteiger partial charge is 0.306 e. The Bertz CT molecular complexity index is 294. The highest BCUT2D eigenvalue weighted by molar-refractivity contribution is 5.69. The lowest BCUT2D eigenvalue weighted by Gasteiger charge is -2.07. The Hall–Kier alpha value is -1.32. The topological polar surface area (TPSA) is 55.1 Å². The van der Waals surface area contributed by atoms with Gasteiger partial charge in [0.05, 0.1) is 12.2 Å². The molecule has 0 bridgehead atoms. The summed E-state index contributed by atoms with van der Waals surface area (Å²) >= 11 is 0. The first-order valence-corrected chi connectivity index (χ1v) is 4.37. The van der Waals surface area contributed by atoms with Gasteiger partial charge in [-0.1, -0.05) is 6.92 Å². The van der Waals surface area contributed by atoms with Gasteiger partial charge in [-0.2, -0.15) is 0 Å². The standard InChI is InChI=1S/C9H14N2O2/c1-3-11-6-10-5-8(11)4-7(2)9(12)13/h5-7H,3-4H2,1-2H3,(H,12,13). The third-order valence-electron chi connectivity index (χ3n) is 2.08. The van der Waals surface area contributed by atoms with E-state index in [9.17, 15) is 4.79 Å². The Balaban J connectivity index is 2.68. The molecule has 0 spiro atoms. The van der Waals surface area contributed by atoms with Crippen molar-refractivity contribution in [2.45, 2.75) is 26.8 Å². The molecule has 1 aromatic rings. The van der Waals surface area contributed by atoms with E-state index in [2.05, 4.69) is 4.98 Å². The minimum absolute atomic E-state index is 0.345. The second-order valence-corrected chi connectivity index (χ2v) is 3.11. The van der Waals surface area contributed by atoms with Gasteiger partial charge in [0.15, 0.2) is 0 Å². The van der Waals surface area contributed by atoms with Crippen LogP contribution in [0.3, 0.4) is 0 Å². The van der Waals surface area contributed by atoms with E-state index in [0.29, 0.717) is 6.42 Å². The number of imidazole rings is 1. The van der Waals surface area contributed by atoms with E-state index in [-0.39, 0.29) is 5.92 Å². The lowest BCUT2D eigenvalue weighted by atomic mass is 10.1. The molecule has 4 heteroatoms. The van der Waals surface area contributed by atoms with Crippen molar-refractivity contribution in [2.75, 3.05) is 0 Å². The van der Waals surface area contributed by atoms with Crippen LogP contribution in [0.2, 0.25) is 0 Å². The van der Waals surface area contributed by atoms with Gasteiger partial charge in [-0.3, -0.25) is 4.79 Å². The van der Waals surface area contributed by atoms with Gasteiger partial charge in [0.1, 0.15) is 0 Å². The van der Waals surface area contributed by atoms with Crippen molar-refractivity contribution in [3.8, 4) is 0 Å². The van der Waals surface area contributed by atoms with Crippen LogP contribution in [-0.2, 0) is 17.8 Å². The number of carbonyl (C=O) groups is 1. The van der Waals surface area contributed by atoms with Crippen molar-refractivity contribution >= 4 is 5.97 Å². The summed E-state index contributed by atoms with van der Waals surface area (Å²) in [5.41, 5.74) is 0.984. The van der Waals surface area contributed by atoms with E-state index in [1.54, 1.807) is 19.4 Å². The third kappa shape index (κ3) is 2.31. The Labute approximate surface area is 77.2 Å². The maximum atomic E-state index is 10.6. The second-order valence-electron chi connectivity index (χ2n) is 3.11. The molecule has 0 amide bonds. The quantitative estimate of drug-likeness (QED) is 0.760. The molecule has 1 rings (SSSR count). The predicted molar refractivity (Wildman–Crippen MR) is 48.4 cm³/mol. The molecule has 1 unspecified atom stereocenters. The molecular formula is C9H14N2O2. The minimum atomic E-state index is -0.760. The maximum absolute atomic E-state index is 10.6. The number of hydrogen-bond donors (Lipinski definition) is 1. The molecule has 0 aliphatic heterocycles. The zero-order chi connectivity index (χ0) is 9.84. The van der Waals surface area contributed by atoms with Gasteiger partial charge in [0.25, 0.3) is 0 Å². The van der Waals surface area contributed by atoms with Gasteiger partial charge in [-0.05, 0) is 6.92 Å². The van der Waals surface area contributed by atoms with Crippen LogP contribution in [0.5, 0.6) is 0 Å². The van der Waals surface area contributed by atoms with Crippen LogP contribution in [-0.4, -0.2) is 20.6 Å². The van der Waals surface area contributed by atoms with Crippen LogP contribution in [0.15, 0.2) is 12.5 Å². The van der Waals surface area contributed by atoms with Gasteiger partial charge in [0.2, 0.25) is 0 Å². The number of carboxylic acid groups (broad SMARTS) is 1. The average Bonchev–Trinajstić information content (AvgIpc) is 2.51. The van der Waals surface area contributed by atoms with Crippen molar-refractivity contribution in [3.05, 3.63) is 18.2 Å². The zero-order valence-corrected chi connectivity index (χ0v) is 7.90. The number of aromatic nitrogens is 2. The Kier molecular flexibility index (Phi) is 3.06. The fourth-order valence-electron chi connectivity index (χ4n) is 1.20. The molecule has 0 aliphatic carbocycles. The van der Waals surface area contributed by atoms with Crippen LogP contribution in [0, 0.1) is 5.92 Å². The van der Waals surface area contributed by atoms with Crippen LogP contribution < -0.4 is 0 Å². The fraction of sp³-hybridized carbons (Fsp3) is 0.556. The molecule has 0 radical (unpaired) electrons. The molecule has 0 aliphatic rings. The lowest BCUT2D eigenvalue weighted by Crippen LogP contribution is -2.14. The van der Waals surface area contributed by atoms with Crippen LogP contribution in [0.25, 0.3) is 0 Å². The molecule has 4 nitrogen and oxygen atoms in total. The SMILES string of the molecule is CCn1cncc1CC(C)C(=O)O. The van der Waals surface area contributed by atoms with Gasteiger partial charge in [-0.15, -0.1) is 0 Å². The molecule has 13 heavy (non-hydrogen) atoms. The summed E-state index contributed by atoms with van der Waals surface area (Å²) < 4.78 is 1.96. The summed E-state index contributed by atoms with van der Waals surface area (Å²) in [4.78, 5) is 14.6. The number of rotatable bonds is 4. The van der Waals surface area contributed by atoms with Crippen LogP contribution in [0.4, 0.5) is 0 Å². The summed E-state index contributed by atoms with van der Waals surface area (Å²) in [5.74, 6) is -1.11. The average molecular weight is 182 g/mol. The first-order chi connectivity index (χ1) is 6.15. The molecule has 72 valence electrons. The Morgan fingerprint density at radius 2 is 2.46 bits per heavy atom. The summed E-state index contributed by atoms with van der Waals surface area (Å²) in [5, 5.41) is 8.71. The highest BCUT2D eigenvalue weighted by Crippen LogP contribution is 2.08. The van der Waals surface area contributed by atoms with Gasteiger partial charge < -0.3 is 9.67 Å². The monoisotopic (exact) mass is 182 g/mol. The van der Waals surface area contributed by atoms with Gasteiger partial charge in [-0.25, -0.2) is 4.98 Å². The molecule has 1 N–H and O–H groups in total. The van der Waals surface area contributed by atoms with Crippen molar-refractivity contribution in [3.63, 3.8) is 0 Å². The van der Waals surface area contributed by atoms with E-state index in [1.165, 1.54) is 0 Å². The number of aryl methyl sites for hydroxylation is 1. The van der Waals surface area contributed by atoms with Gasteiger partial charge >= 0.3 is 5.97 Å². The summed E-state index contributed by atoms with van der Waals surface area (Å²) in [7, 11) is 0. The molecule has 0 saturated carbocycles. The lowest BCUT2D eigenvalue weighted by molar-refractivity contribution is -0.141. The highest BCUT2D eigenvalue weighted by Gasteiger charge is 2.13. The highest BCUT2D eigenvalue weighted by atomic mass is 16.4. The van der Waals surface area contributed by atoms with Crippen LogP contribution in [0.1, 0.15) is 19.5 Å². The number of hydrogen-bond acceptors (Lipinski definition) is 2. The largest absolute Gasteiger partial charge is 0.481 e. The van der Waals surface area contributed by atoms with Crippen molar-refractivity contribution in [2.24, 2.45) is 5.92 Å². The molecule has 0 saturated heterocycles. The number of aliphatic carboxylic acids is 1. The fourth-order valence-corrected chi connectivity index (χ4v) is 1.20. The van der Waals surface area contributed by atoms with Crippen molar-refractivity contribution < 1.29 is 9.90 Å². The van der Waals surface area contributed by atoms with Crippen LogP contribution >= 0.6 is 0 Å². The first kappa shape index (κ1) is 9.77. The minimum Gasteiger partial charge on any atom is -0.481 e. The summed E-state index contributed by atoms with van der Waals surface area (Å²) in [6.45, 7) is 4.55. The second kappa shape index (κ2) is 4.07. The maximum Gasteiger partial charge on any atom is 0.306 e. The van der Waals surface area contributed by atoms with Gasteiger partial charge in [0, 0.05) is 24.9 Å². The van der Waals surface area contributed by atoms with E-state index in [1.807, 2.05) is 11.5 Å². The Morgan fingerprint density at radius 3 is 3.00 bits per heavy atom. The molecule has 1 aromatic heterocycles. The van der Waals surface area contributed by atoms with Crippen molar-refractivity contribution in [1.29, 1.82) is 0 Å². The molecular weight excluding hydrogens is 168 g/mol. The molecule has 1 heterocycles. The normalized spacial score (nSPS) is 12.8. The number of carboxylic acids is 1.